The number of carboxylic acids is 1. The Labute approximate surface area is 115 Å². The molecule has 5 nitrogen and oxygen atoms in total. The van der Waals surface area contributed by atoms with Crippen molar-refractivity contribution in [3.8, 4) is 0 Å². The second-order valence-electron chi connectivity index (χ2n) is 6.48. The normalized spacial score (nSPS) is 16.8. The summed E-state index contributed by atoms with van der Waals surface area (Å²) in [5.41, 5.74) is -0.501. The predicted octanol–water partition coefficient (Wildman–Crippen LogP) is 2.32. The Bertz CT molecular complexity index is 332. The first kappa shape index (κ1) is 15.8. The number of amides is 2. The summed E-state index contributed by atoms with van der Waals surface area (Å²) in [5.74, 6) is -0.376. The number of carboxylic acid groups (broad SMARTS) is 1. The number of carbonyl (C=O) groups is 2. The molecule has 1 rings (SSSR count). The molecule has 1 fully saturated rings. The highest BCUT2D eigenvalue weighted by molar-refractivity contribution is 5.83. The van der Waals surface area contributed by atoms with Gasteiger partial charge in [0.2, 0.25) is 0 Å². The molecule has 2 amide bonds. The van der Waals surface area contributed by atoms with Crippen LogP contribution >= 0.6 is 0 Å². The summed E-state index contributed by atoms with van der Waals surface area (Å²) in [6.45, 7) is 8.89. The lowest BCUT2D eigenvalue weighted by Crippen LogP contribution is -2.53. The Morgan fingerprint density at radius 2 is 1.95 bits per heavy atom. The zero-order valence-corrected chi connectivity index (χ0v) is 12.4. The molecule has 5 heteroatoms. The van der Waals surface area contributed by atoms with E-state index < -0.39 is 17.4 Å². The summed E-state index contributed by atoms with van der Waals surface area (Å²) in [6, 6.07) is -1.12. The first-order valence-electron chi connectivity index (χ1n) is 7.04. The molecular formula is C14H26N2O3. The average Bonchev–Trinajstić information content (AvgIpc) is 3.06. The molecule has 0 radical (unpaired) electrons. The standard InChI is InChI=1S/C14H26N2O3/c1-5-8-16(9-10-6-7-10)13(19)15-11(12(17)18)14(2,3)4/h10-11H,5-9H2,1-4H3,(H,15,19)(H,17,18)/t11-/m1/s1. The van der Waals surface area contributed by atoms with Gasteiger partial charge in [-0.25, -0.2) is 9.59 Å². The van der Waals surface area contributed by atoms with Crippen LogP contribution in [0.25, 0.3) is 0 Å². The second kappa shape index (κ2) is 6.26. The van der Waals surface area contributed by atoms with E-state index in [-0.39, 0.29) is 6.03 Å². The van der Waals surface area contributed by atoms with Crippen molar-refractivity contribution in [2.45, 2.75) is 53.0 Å². The van der Waals surface area contributed by atoms with Crippen LogP contribution in [0.4, 0.5) is 4.79 Å². The van der Waals surface area contributed by atoms with E-state index in [0.29, 0.717) is 12.5 Å². The van der Waals surface area contributed by atoms with Crippen LogP contribution in [-0.4, -0.2) is 41.1 Å². The second-order valence-corrected chi connectivity index (χ2v) is 6.48. The van der Waals surface area contributed by atoms with Gasteiger partial charge in [-0.3, -0.25) is 0 Å². The van der Waals surface area contributed by atoms with Crippen molar-refractivity contribution in [2.75, 3.05) is 13.1 Å². The zero-order chi connectivity index (χ0) is 14.6. The number of aliphatic carboxylic acids is 1. The summed E-state index contributed by atoms with van der Waals surface area (Å²) in [7, 11) is 0. The number of nitrogens with one attached hydrogen (secondary N) is 1. The number of hydrogen-bond donors (Lipinski definition) is 2. The van der Waals surface area contributed by atoms with E-state index in [9.17, 15) is 14.7 Å². The molecule has 1 aliphatic rings. The molecule has 1 saturated carbocycles. The van der Waals surface area contributed by atoms with Gasteiger partial charge in [-0.15, -0.1) is 0 Å². The first-order chi connectivity index (χ1) is 8.75. The maximum atomic E-state index is 12.2. The summed E-state index contributed by atoms with van der Waals surface area (Å²) in [4.78, 5) is 25.2. The van der Waals surface area contributed by atoms with E-state index in [1.165, 1.54) is 12.8 Å². The maximum absolute atomic E-state index is 12.2. The summed E-state index contributed by atoms with van der Waals surface area (Å²) in [6.07, 6.45) is 3.23. The van der Waals surface area contributed by atoms with Crippen molar-refractivity contribution < 1.29 is 14.7 Å². The van der Waals surface area contributed by atoms with E-state index in [0.717, 1.165) is 13.0 Å². The van der Waals surface area contributed by atoms with Crippen LogP contribution in [0.15, 0.2) is 0 Å². The largest absolute Gasteiger partial charge is 0.480 e. The molecule has 0 aromatic heterocycles. The highest BCUT2D eigenvalue weighted by Crippen LogP contribution is 2.30. The number of hydrogen-bond acceptors (Lipinski definition) is 2. The Kier molecular flexibility index (Phi) is 5.20. The maximum Gasteiger partial charge on any atom is 0.326 e. The molecular weight excluding hydrogens is 244 g/mol. The zero-order valence-electron chi connectivity index (χ0n) is 12.4. The first-order valence-corrected chi connectivity index (χ1v) is 7.04. The number of urea groups is 1. The van der Waals surface area contributed by atoms with Gasteiger partial charge in [0.05, 0.1) is 0 Å². The minimum absolute atomic E-state index is 0.254. The Hall–Kier alpha value is -1.26. The lowest BCUT2D eigenvalue weighted by Gasteiger charge is -2.31. The van der Waals surface area contributed by atoms with Crippen LogP contribution in [-0.2, 0) is 4.79 Å². The van der Waals surface area contributed by atoms with Crippen LogP contribution in [0.3, 0.4) is 0 Å². The fourth-order valence-corrected chi connectivity index (χ4v) is 2.02. The van der Waals surface area contributed by atoms with E-state index >= 15 is 0 Å². The predicted molar refractivity (Wildman–Crippen MR) is 74.0 cm³/mol. The monoisotopic (exact) mass is 270 g/mol. The topological polar surface area (TPSA) is 69.6 Å². The lowest BCUT2D eigenvalue weighted by molar-refractivity contribution is -0.142. The van der Waals surface area contributed by atoms with Crippen LogP contribution in [0.5, 0.6) is 0 Å². The fraction of sp³-hybridized carbons (Fsp3) is 0.857. The van der Waals surface area contributed by atoms with E-state index in [1.54, 1.807) is 4.90 Å². The van der Waals surface area contributed by atoms with Crippen LogP contribution in [0.1, 0.15) is 47.0 Å². The SMILES string of the molecule is CCCN(CC1CC1)C(=O)N[C@H](C(=O)O)C(C)(C)C. The molecule has 19 heavy (non-hydrogen) atoms. The average molecular weight is 270 g/mol. The van der Waals surface area contributed by atoms with Gasteiger partial charge in [0.1, 0.15) is 6.04 Å². The van der Waals surface area contributed by atoms with Gasteiger partial charge in [-0.05, 0) is 30.6 Å². The third-order valence-corrected chi connectivity index (χ3v) is 3.34. The van der Waals surface area contributed by atoms with Gasteiger partial charge in [0.15, 0.2) is 0 Å². The van der Waals surface area contributed by atoms with Crippen LogP contribution in [0, 0.1) is 11.3 Å². The molecule has 0 aliphatic heterocycles. The van der Waals surface area contributed by atoms with Crippen molar-refractivity contribution in [2.24, 2.45) is 11.3 Å². The summed E-state index contributed by atoms with van der Waals surface area (Å²) < 4.78 is 0. The van der Waals surface area contributed by atoms with Crippen molar-refractivity contribution in [1.29, 1.82) is 0 Å². The molecule has 0 bridgehead atoms. The van der Waals surface area contributed by atoms with E-state index in [4.69, 9.17) is 0 Å². The third kappa shape index (κ3) is 5.09. The number of carbonyl (C=O) groups excluding carboxylic acids is 1. The Morgan fingerprint density at radius 1 is 1.37 bits per heavy atom. The molecule has 0 aromatic rings. The van der Waals surface area contributed by atoms with Crippen LogP contribution < -0.4 is 5.32 Å². The molecule has 0 saturated heterocycles. The molecule has 110 valence electrons. The highest BCUT2D eigenvalue weighted by atomic mass is 16.4. The molecule has 2 N–H and O–H groups in total. The molecule has 0 spiro atoms. The quantitative estimate of drug-likeness (QED) is 0.778. The highest BCUT2D eigenvalue weighted by Gasteiger charge is 2.34. The lowest BCUT2D eigenvalue weighted by atomic mass is 9.87. The van der Waals surface area contributed by atoms with Gasteiger partial charge in [0.25, 0.3) is 0 Å². The summed E-state index contributed by atoms with van der Waals surface area (Å²) in [5, 5.41) is 11.9. The third-order valence-electron chi connectivity index (χ3n) is 3.34. The minimum Gasteiger partial charge on any atom is -0.480 e. The Morgan fingerprint density at radius 3 is 2.32 bits per heavy atom. The number of nitrogens with zero attached hydrogens (tertiary/aromatic N) is 1. The van der Waals surface area contributed by atoms with Gasteiger partial charge >= 0.3 is 12.0 Å². The Balaban J connectivity index is 2.64. The number of rotatable bonds is 6. The molecule has 0 unspecified atom stereocenters. The smallest absolute Gasteiger partial charge is 0.326 e. The minimum atomic E-state index is -0.983. The van der Waals surface area contributed by atoms with Crippen LogP contribution in [0.2, 0.25) is 0 Å². The molecule has 0 heterocycles. The van der Waals surface area contributed by atoms with Crippen molar-refractivity contribution in [3.63, 3.8) is 0 Å². The molecule has 0 aromatic carbocycles. The molecule has 1 aliphatic carbocycles. The molecule has 1 atom stereocenters. The van der Waals surface area contributed by atoms with Gasteiger partial charge in [-0.1, -0.05) is 27.7 Å². The van der Waals surface area contributed by atoms with Crippen molar-refractivity contribution >= 4 is 12.0 Å². The van der Waals surface area contributed by atoms with E-state index in [2.05, 4.69) is 5.32 Å². The fourth-order valence-electron chi connectivity index (χ4n) is 2.02. The van der Waals surface area contributed by atoms with Gasteiger partial charge in [-0.2, -0.15) is 0 Å². The van der Waals surface area contributed by atoms with E-state index in [1.807, 2.05) is 27.7 Å². The van der Waals surface area contributed by atoms with Crippen molar-refractivity contribution in [3.05, 3.63) is 0 Å². The summed E-state index contributed by atoms with van der Waals surface area (Å²) >= 11 is 0. The van der Waals surface area contributed by atoms with Gasteiger partial charge in [0, 0.05) is 13.1 Å². The van der Waals surface area contributed by atoms with Crippen molar-refractivity contribution in [1.82, 2.24) is 10.2 Å². The van der Waals surface area contributed by atoms with Gasteiger partial charge < -0.3 is 15.3 Å².